The Labute approximate surface area is 150 Å². The van der Waals surface area contributed by atoms with Crippen molar-refractivity contribution in [2.75, 3.05) is 12.9 Å². The molecule has 0 spiro atoms. The zero-order valence-electron chi connectivity index (χ0n) is 16.9. The second-order valence-corrected chi connectivity index (χ2v) is 17.0. The third-order valence-electron chi connectivity index (χ3n) is 4.06. The molecule has 0 rings (SSSR count). The largest absolute Gasteiger partial charge is 0.374 e. The zero-order chi connectivity index (χ0) is 19.3. The molecule has 0 amide bonds. The van der Waals surface area contributed by atoms with Crippen LogP contribution in [-0.2, 0) is 19.4 Å². The Morgan fingerprint density at radius 1 is 1.21 bits per heavy atom. The molecular formula is C18H36O4SSi. The fourth-order valence-corrected chi connectivity index (χ4v) is 3.13. The van der Waals surface area contributed by atoms with Gasteiger partial charge in [-0.25, -0.2) is 8.42 Å². The van der Waals surface area contributed by atoms with Crippen molar-refractivity contribution < 1.29 is 17.9 Å². The number of hydrogen-bond donors (Lipinski definition) is 0. The summed E-state index contributed by atoms with van der Waals surface area (Å²) in [5.41, 5.74) is 0.393. The Kier molecular flexibility index (Phi) is 8.59. The summed E-state index contributed by atoms with van der Waals surface area (Å²) in [6.45, 7) is 16.6. The fraction of sp³-hybridized carbons (Fsp3) is 0.833. The molecule has 0 aliphatic heterocycles. The lowest BCUT2D eigenvalue weighted by Gasteiger charge is -2.25. The summed E-state index contributed by atoms with van der Waals surface area (Å²) in [5.74, 6) is 0.125. The summed E-state index contributed by atoms with van der Waals surface area (Å²) in [7, 11) is -4.36. The van der Waals surface area contributed by atoms with E-state index in [-0.39, 0.29) is 18.3 Å². The van der Waals surface area contributed by atoms with Crippen molar-refractivity contribution in [1.29, 1.82) is 0 Å². The van der Waals surface area contributed by atoms with Crippen molar-refractivity contribution in [2.24, 2.45) is 5.41 Å². The lowest BCUT2D eigenvalue weighted by Crippen LogP contribution is -2.30. The summed E-state index contributed by atoms with van der Waals surface area (Å²) in [5, 5.41) is -0.578. The predicted molar refractivity (Wildman–Crippen MR) is 105 cm³/mol. The van der Waals surface area contributed by atoms with Gasteiger partial charge in [-0.05, 0) is 25.5 Å². The highest BCUT2D eigenvalue weighted by molar-refractivity contribution is 7.91. The van der Waals surface area contributed by atoms with Gasteiger partial charge in [0.1, 0.15) is 5.78 Å². The number of carbonyl (C=O) groups excluding carboxylic acids is 1. The molecule has 24 heavy (non-hydrogen) atoms. The molecule has 0 saturated carbocycles. The lowest BCUT2D eigenvalue weighted by molar-refractivity contribution is -0.128. The van der Waals surface area contributed by atoms with E-state index in [9.17, 15) is 13.2 Å². The number of hydrogen-bond acceptors (Lipinski definition) is 4. The zero-order valence-corrected chi connectivity index (χ0v) is 18.7. The minimum Gasteiger partial charge on any atom is -0.374 e. The molecule has 0 heterocycles. The molecule has 0 aromatic rings. The average molecular weight is 377 g/mol. The molecule has 0 aliphatic carbocycles. The standard InChI is InChI=1S/C18H36O4SSi/c1-14(12-15(2)23(6,20)21)16(13-17(19)18(3,4)5)22-10-11-24(7,8)9/h12,15-16H,10-11,13H2,1-9H3/b14-12-/t15-,16+/m0/s1. The van der Waals surface area contributed by atoms with Crippen LogP contribution in [-0.4, -0.2) is 46.5 Å². The van der Waals surface area contributed by atoms with E-state index in [1.54, 1.807) is 13.0 Å². The van der Waals surface area contributed by atoms with E-state index in [2.05, 4.69) is 19.6 Å². The van der Waals surface area contributed by atoms with Gasteiger partial charge in [-0.1, -0.05) is 46.5 Å². The van der Waals surface area contributed by atoms with Crippen LogP contribution in [0.3, 0.4) is 0 Å². The number of sulfone groups is 1. The van der Waals surface area contributed by atoms with Gasteiger partial charge < -0.3 is 4.74 Å². The topological polar surface area (TPSA) is 60.4 Å². The van der Waals surface area contributed by atoms with Crippen LogP contribution in [0.25, 0.3) is 0 Å². The molecule has 0 fully saturated rings. The molecule has 142 valence electrons. The highest BCUT2D eigenvalue weighted by atomic mass is 32.2. The molecule has 0 aliphatic rings. The van der Waals surface area contributed by atoms with E-state index in [1.165, 1.54) is 6.26 Å². The number of ketones is 1. The Balaban J connectivity index is 5.23. The van der Waals surface area contributed by atoms with Gasteiger partial charge in [-0.3, -0.25) is 4.79 Å². The molecule has 4 nitrogen and oxygen atoms in total. The van der Waals surface area contributed by atoms with E-state index in [1.807, 2.05) is 27.7 Å². The predicted octanol–water partition coefficient (Wildman–Crippen LogP) is 4.09. The number of rotatable bonds is 9. The Morgan fingerprint density at radius 2 is 1.71 bits per heavy atom. The van der Waals surface area contributed by atoms with Crippen LogP contribution in [0.1, 0.15) is 41.0 Å². The summed E-state index contributed by atoms with van der Waals surface area (Å²) in [4.78, 5) is 12.4. The normalized spacial score (nSPS) is 16.8. The van der Waals surface area contributed by atoms with Crippen LogP contribution in [0.2, 0.25) is 25.7 Å². The van der Waals surface area contributed by atoms with Gasteiger partial charge in [0, 0.05) is 32.8 Å². The summed E-state index contributed by atoms with van der Waals surface area (Å²) >= 11 is 0. The summed E-state index contributed by atoms with van der Waals surface area (Å²) < 4.78 is 29.3. The Hall–Kier alpha value is -0.463. The first-order valence-electron chi connectivity index (χ1n) is 8.56. The van der Waals surface area contributed by atoms with Crippen molar-refractivity contribution in [3.63, 3.8) is 0 Å². The summed E-state index contributed by atoms with van der Waals surface area (Å²) in [6, 6.07) is 1.02. The molecule has 6 heteroatoms. The van der Waals surface area contributed by atoms with Crippen molar-refractivity contribution in [2.45, 2.75) is 78.1 Å². The monoisotopic (exact) mass is 376 g/mol. The third kappa shape index (κ3) is 9.74. The van der Waals surface area contributed by atoms with E-state index < -0.39 is 28.6 Å². The van der Waals surface area contributed by atoms with Crippen LogP contribution >= 0.6 is 0 Å². The number of Topliss-reactive ketones (excluding diaryl/α,β-unsaturated/α-hetero) is 1. The Morgan fingerprint density at radius 3 is 2.08 bits per heavy atom. The first-order valence-corrected chi connectivity index (χ1v) is 14.2. The van der Waals surface area contributed by atoms with Gasteiger partial charge in [0.25, 0.3) is 0 Å². The second kappa shape index (κ2) is 8.76. The molecule has 2 atom stereocenters. The first-order chi connectivity index (χ1) is 10.5. The van der Waals surface area contributed by atoms with Crippen molar-refractivity contribution in [3.8, 4) is 0 Å². The van der Waals surface area contributed by atoms with Gasteiger partial charge >= 0.3 is 0 Å². The van der Waals surface area contributed by atoms with Crippen LogP contribution in [0.15, 0.2) is 11.6 Å². The van der Waals surface area contributed by atoms with E-state index in [0.29, 0.717) is 6.61 Å². The minimum atomic E-state index is -3.14. The molecule has 0 aromatic carbocycles. The maximum absolute atomic E-state index is 12.4. The third-order valence-corrected chi connectivity index (χ3v) is 7.25. The maximum Gasteiger partial charge on any atom is 0.153 e. The first kappa shape index (κ1) is 23.5. The van der Waals surface area contributed by atoms with Gasteiger partial charge in [-0.15, -0.1) is 0 Å². The minimum absolute atomic E-state index is 0.125. The number of ether oxygens (including phenoxy) is 1. The Bertz CT molecular complexity index is 551. The van der Waals surface area contributed by atoms with Crippen LogP contribution in [0.4, 0.5) is 0 Å². The van der Waals surface area contributed by atoms with Crippen molar-refractivity contribution in [1.82, 2.24) is 0 Å². The molecule has 0 saturated heterocycles. The molecule has 0 N–H and O–H groups in total. The van der Waals surface area contributed by atoms with Crippen LogP contribution < -0.4 is 0 Å². The van der Waals surface area contributed by atoms with E-state index in [0.717, 1.165) is 11.6 Å². The van der Waals surface area contributed by atoms with Gasteiger partial charge in [0.05, 0.1) is 11.4 Å². The molecule has 0 radical (unpaired) electrons. The van der Waals surface area contributed by atoms with Crippen molar-refractivity contribution in [3.05, 3.63) is 11.6 Å². The van der Waals surface area contributed by atoms with Gasteiger partial charge in [0.15, 0.2) is 9.84 Å². The molecular weight excluding hydrogens is 340 g/mol. The average Bonchev–Trinajstić information content (AvgIpc) is 2.33. The van der Waals surface area contributed by atoms with E-state index in [4.69, 9.17) is 4.74 Å². The van der Waals surface area contributed by atoms with Crippen molar-refractivity contribution >= 4 is 23.7 Å². The van der Waals surface area contributed by atoms with Gasteiger partial charge in [0.2, 0.25) is 0 Å². The highest BCUT2D eigenvalue weighted by Gasteiger charge is 2.27. The maximum atomic E-state index is 12.4. The van der Waals surface area contributed by atoms with Crippen LogP contribution in [0.5, 0.6) is 0 Å². The highest BCUT2D eigenvalue weighted by Crippen LogP contribution is 2.23. The smallest absolute Gasteiger partial charge is 0.153 e. The van der Waals surface area contributed by atoms with Crippen LogP contribution in [0, 0.1) is 5.41 Å². The second-order valence-electron chi connectivity index (χ2n) is 8.99. The molecule has 0 aromatic heterocycles. The summed E-state index contributed by atoms with van der Waals surface area (Å²) in [6.07, 6.45) is 2.87. The quantitative estimate of drug-likeness (QED) is 0.449. The van der Waals surface area contributed by atoms with Gasteiger partial charge in [-0.2, -0.15) is 0 Å². The number of carbonyl (C=O) groups is 1. The SMILES string of the molecule is C/C(=C/[C@H](C)S(C)(=O)=O)[C@@H](CC(=O)C(C)(C)C)OCC[Si](C)(C)C. The molecule has 0 bridgehead atoms. The fourth-order valence-electron chi connectivity index (χ4n) is 1.93. The van der Waals surface area contributed by atoms with E-state index >= 15 is 0 Å². The lowest BCUT2D eigenvalue weighted by atomic mass is 9.86. The molecule has 0 unspecified atom stereocenters.